The summed E-state index contributed by atoms with van der Waals surface area (Å²) in [6, 6.07) is 21.0. The van der Waals surface area contributed by atoms with E-state index >= 15 is 0 Å². The molecule has 0 saturated carbocycles. The molecule has 258 valence electrons. The number of cyclic esters (lactones) is 1. The summed E-state index contributed by atoms with van der Waals surface area (Å²) in [5, 5.41) is 0.390. The van der Waals surface area contributed by atoms with Crippen molar-refractivity contribution in [3.63, 3.8) is 0 Å². The minimum atomic E-state index is -1.45. The second-order valence-electron chi connectivity index (χ2n) is 12.8. The topological polar surface area (TPSA) is 108 Å². The van der Waals surface area contributed by atoms with Gasteiger partial charge in [0.25, 0.3) is 11.5 Å². The van der Waals surface area contributed by atoms with E-state index in [4.69, 9.17) is 9.47 Å². The molecular formula is C40H47N3O6. The Kier molecular flexibility index (Phi) is 12.7. The van der Waals surface area contributed by atoms with Gasteiger partial charge in [0.15, 0.2) is 5.82 Å². The lowest BCUT2D eigenvalue weighted by Crippen LogP contribution is -2.33. The van der Waals surface area contributed by atoms with Crippen LogP contribution in [-0.4, -0.2) is 34.1 Å². The van der Waals surface area contributed by atoms with Crippen molar-refractivity contribution in [3.8, 4) is 0 Å². The molecule has 0 spiro atoms. The summed E-state index contributed by atoms with van der Waals surface area (Å²) >= 11 is 0. The van der Waals surface area contributed by atoms with Crippen LogP contribution in [0.1, 0.15) is 117 Å². The first-order valence-corrected chi connectivity index (χ1v) is 17.7. The van der Waals surface area contributed by atoms with Crippen LogP contribution in [0.15, 0.2) is 77.6 Å². The van der Waals surface area contributed by atoms with Gasteiger partial charge < -0.3 is 9.47 Å². The summed E-state index contributed by atoms with van der Waals surface area (Å²) in [5.41, 5.74) is 1.91. The quantitative estimate of drug-likeness (QED) is 0.0772. The number of ether oxygens (including phenoxy) is 2. The second-order valence-corrected chi connectivity index (χ2v) is 12.8. The third-order valence-electron chi connectivity index (χ3n) is 9.07. The van der Waals surface area contributed by atoms with Crippen LogP contribution >= 0.6 is 0 Å². The molecule has 1 saturated heterocycles. The number of unbranched alkanes of at least 4 members (excludes halogenated alkanes) is 11. The van der Waals surface area contributed by atoms with Crippen molar-refractivity contribution in [2.45, 2.75) is 104 Å². The van der Waals surface area contributed by atoms with Crippen LogP contribution in [0.5, 0.6) is 0 Å². The number of esters is 1. The van der Waals surface area contributed by atoms with E-state index in [-0.39, 0.29) is 29.2 Å². The largest absolute Gasteiger partial charge is 0.462 e. The molecule has 1 aliphatic heterocycles. The van der Waals surface area contributed by atoms with Crippen molar-refractivity contribution >= 4 is 34.6 Å². The van der Waals surface area contributed by atoms with Gasteiger partial charge in [0.2, 0.25) is 6.10 Å². The zero-order chi connectivity index (χ0) is 34.6. The average molecular weight is 666 g/mol. The SMILES string of the molecule is CCCCCCCCCCCCCCOC(=O)c1ccc(C)c(N2C(=O)OC(c3nc4ccccc4c(=O)n3Cc3ccccc3)C2=O)c1. The summed E-state index contributed by atoms with van der Waals surface area (Å²) in [5.74, 6) is -1.18. The van der Waals surface area contributed by atoms with Crippen molar-refractivity contribution in [1.82, 2.24) is 9.55 Å². The number of hydrogen-bond acceptors (Lipinski definition) is 7. The number of para-hydroxylation sites is 1. The van der Waals surface area contributed by atoms with Crippen molar-refractivity contribution in [1.29, 1.82) is 0 Å². The Morgan fingerprint density at radius 3 is 2.12 bits per heavy atom. The number of benzene rings is 3. The highest BCUT2D eigenvalue weighted by molar-refractivity contribution is 6.18. The van der Waals surface area contributed by atoms with Crippen molar-refractivity contribution in [2.75, 3.05) is 11.5 Å². The average Bonchev–Trinajstić information content (AvgIpc) is 3.41. The predicted octanol–water partition coefficient (Wildman–Crippen LogP) is 8.84. The van der Waals surface area contributed by atoms with Crippen LogP contribution < -0.4 is 10.5 Å². The van der Waals surface area contributed by atoms with Gasteiger partial charge in [-0.3, -0.25) is 14.2 Å². The Morgan fingerprint density at radius 1 is 0.796 bits per heavy atom. The van der Waals surface area contributed by atoms with Crippen LogP contribution in [0.4, 0.5) is 10.5 Å². The number of aromatic nitrogens is 2. The molecule has 1 atom stereocenters. The zero-order valence-electron chi connectivity index (χ0n) is 28.7. The molecule has 0 N–H and O–H groups in total. The van der Waals surface area contributed by atoms with Gasteiger partial charge in [0.05, 0.1) is 35.3 Å². The minimum Gasteiger partial charge on any atom is -0.462 e. The molecule has 0 aliphatic carbocycles. The third-order valence-corrected chi connectivity index (χ3v) is 9.07. The summed E-state index contributed by atoms with van der Waals surface area (Å²) in [6.45, 7) is 4.42. The second kappa shape index (κ2) is 17.6. The molecular weight excluding hydrogens is 618 g/mol. The Labute approximate surface area is 288 Å². The molecule has 1 aromatic heterocycles. The van der Waals surface area contributed by atoms with Gasteiger partial charge in [0, 0.05) is 0 Å². The van der Waals surface area contributed by atoms with E-state index in [1.807, 2.05) is 30.3 Å². The number of rotatable bonds is 18. The maximum absolute atomic E-state index is 13.9. The number of anilines is 1. The minimum absolute atomic E-state index is 0.0315. The fourth-order valence-electron chi connectivity index (χ4n) is 6.26. The monoisotopic (exact) mass is 665 g/mol. The van der Waals surface area contributed by atoms with E-state index in [2.05, 4.69) is 11.9 Å². The Bertz CT molecular complexity index is 1800. The van der Waals surface area contributed by atoms with Crippen LogP contribution in [0, 0.1) is 6.92 Å². The highest BCUT2D eigenvalue weighted by Gasteiger charge is 2.45. The summed E-state index contributed by atoms with van der Waals surface area (Å²) < 4.78 is 12.5. The normalized spacial score (nSPS) is 14.4. The maximum Gasteiger partial charge on any atom is 0.422 e. The van der Waals surface area contributed by atoms with Gasteiger partial charge in [-0.05, 0) is 48.7 Å². The van der Waals surface area contributed by atoms with Gasteiger partial charge >= 0.3 is 12.1 Å². The van der Waals surface area contributed by atoms with Crippen molar-refractivity contribution in [2.24, 2.45) is 0 Å². The Balaban J connectivity index is 1.21. The third kappa shape index (κ3) is 9.02. The molecule has 0 radical (unpaired) electrons. The highest BCUT2D eigenvalue weighted by Crippen LogP contribution is 2.34. The van der Waals surface area contributed by atoms with Crippen molar-refractivity contribution < 1.29 is 23.9 Å². The molecule has 1 fully saturated rings. The summed E-state index contributed by atoms with van der Waals surface area (Å²) in [4.78, 5) is 59.4. The van der Waals surface area contributed by atoms with E-state index < -0.39 is 24.1 Å². The highest BCUT2D eigenvalue weighted by atomic mass is 16.6. The predicted molar refractivity (Wildman–Crippen MR) is 191 cm³/mol. The Hall–Kier alpha value is -4.79. The molecule has 1 unspecified atom stereocenters. The fourth-order valence-corrected chi connectivity index (χ4v) is 6.26. The summed E-state index contributed by atoms with van der Waals surface area (Å²) in [7, 11) is 0. The number of nitrogens with zero attached hydrogens (tertiary/aromatic N) is 3. The zero-order valence-corrected chi connectivity index (χ0v) is 28.7. The van der Waals surface area contributed by atoms with E-state index in [9.17, 15) is 19.2 Å². The number of imide groups is 1. The molecule has 2 amide bonds. The summed E-state index contributed by atoms with van der Waals surface area (Å²) in [6.07, 6.45) is 12.3. The van der Waals surface area contributed by atoms with E-state index in [0.717, 1.165) is 29.7 Å². The lowest BCUT2D eigenvalue weighted by atomic mass is 10.1. The molecule has 2 heterocycles. The van der Waals surface area contributed by atoms with Crippen LogP contribution in [0.3, 0.4) is 0 Å². The lowest BCUT2D eigenvalue weighted by molar-refractivity contribution is -0.122. The van der Waals surface area contributed by atoms with E-state index in [0.29, 0.717) is 23.1 Å². The first-order chi connectivity index (χ1) is 23.9. The van der Waals surface area contributed by atoms with Crippen molar-refractivity contribution in [3.05, 3.63) is 106 Å². The molecule has 0 bridgehead atoms. The van der Waals surface area contributed by atoms with Gasteiger partial charge in [0.1, 0.15) is 0 Å². The first-order valence-electron chi connectivity index (χ1n) is 17.7. The molecule has 1 aliphatic rings. The lowest BCUT2D eigenvalue weighted by Gasteiger charge is -2.17. The number of hydrogen-bond donors (Lipinski definition) is 0. The van der Waals surface area contributed by atoms with Crippen LogP contribution in [-0.2, 0) is 20.8 Å². The molecule has 49 heavy (non-hydrogen) atoms. The van der Waals surface area contributed by atoms with Crippen LogP contribution in [0.25, 0.3) is 10.9 Å². The number of aryl methyl sites for hydroxylation is 1. The molecule has 5 rings (SSSR count). The van der Waals surface area contributed by atoms with Crippen LogP contribution in [0.2, 0.25) is 0 Å². The van der Waals surface area contributed by atoms with E-state index in [1.54, 1.807) is 43.3 Å². The van der Waals surface area contributed by atoms with E-state index in [1.165, 1.54) is 68.4 Å². The number of carbonyl (C=O) groups is 3. The number of amides is 2. The van der Waals surface area contributed by atoms with Gasteiger partial charge in [-0.2, -0.15) is 0 Å². The molecule has 4 aromatic rings. The standard InChI is InChI=1S/C40H47N3O6/c1-3-4-5-6-7-8-9-10-11-12-13-19-26-48-39(46)31-25-24-29(2)34(27-31)43-38(45)35(49-40(43)47)36-41-33-23-18-17-22-32(33)37(44)42(36)28-30-20-15-14-16-21-30/h14-18,20-25,27,35H,3-13,19,26,28H2,1-2H3. The number of fused-ring (bicyclic) bond motifs is 1. The van der Waals surface area contributed by atoms with Gasteiger partial charge in [-0.25, -0.2) is 19.5 Å². The molecule has 9 nitrogen and oxygen atoms in total. The molecule has 9 heteroatoms. The smallest absolute Gasteiger partial charge is 0.422 e. The number of carbonyl (C=O) groups excluding carboxylic acids is 3. The molecule has 3 aromatic carbocycles. The Morgan fingerprint density at radius 2 is 1.43 bits per heavy atom. The fraction of sp³-hybridized carbons (Fsp3) is 0.425. The van der Waals surface area contributed by atoms with Gasteiger partial charge in [-0.15, -0.1) is 0 Å². The van der Waals surface area contributed by atoms with Gasteiger partial charge in [-0.1, -0.05) is 126 Å². The first kappa shape index (κ1) is 35.5. The maximum atomic E-state index is 13.9.